The van der Waals surface area contributed by atoms with Gasteiger partial charge in [-0.25, -0.2) is 0 Å². The van der Waals surface area contributed by atoms with Crippen LogP contribution in [-0.4, -0.2) is 0 Å². The van der Waals surface area contributed by atoms with Gasteiger partial charge >= 0.3 is 0 Å². The average molecular weight is 726 g/mol. The minimum Gasteiger partial charge on any atom is -0.309 e. The van der Waals surface area contributed by atoms with Gasteiger partial charge in [0, 0.05) is 22.5 Å². The van der Waals surface area contributed by atoms with E-state index in [0.29, 0.717) is 0 Å². The fourth-order valence-electron chi connectivity index (χ4n) is 8.48. The first-order valence-corrected chi connectivity index (χ1v) is 19.6. The highest BCUT2D eigenvalue weighted by Crippen LogP contribution is 2.50. The third kappa shape index (κ3) is 6.36. The third-order valence-electron chi connectivity index (χ3n) is 11.0. The van der Waals surface area contributed by atoms with Crippen molar-refractivity contribution in [1.29, 1.82) is 0 Å². The van der Waals surface area contributed by atoms with E-state index < -0.39 is 0 Å². The summed E-state index contributed by atoms with van der Waals surface area (Å²) in [5.74, 6) is 0. The van der Waals surface area contributed by atoms with Crippen LogP contribution in [0.1, 0.15) is 0 Å². The maximum atomic E-state index is 2.49. The Bertz CT molecular complexity index is 2920. The van der Waals surface area contributed by atoms with E-state index in [0.717, 1.165) is 39.3 Å². The Morgan fingerprint density at radius 1 is 0.228 bits per heavy atom. The molecule has 0 saturated carbocycles. The molecule has 0 bridgehead atoms. The van der Waals surface area contributed by atoms with Crippen LogP contribution in [0, 0.1) is 0 Å². The van der Waals surface area contributed by atoms with Crippen LogP contribution < -0.4 is 4.90 Å². The molecule has 10 rings (SSSR count). The zero-order chi connectivity index (χ0) is 38.0. The molecule has 57 heavy (non-hydrogen) atoms. The Morgan fingerprint density at radius 3 is 1.19 bits per heavy atom. The molecule has 0 radical (unpaired) electrons. The molecule has 10 aromatic carbocycles. The first-order chi connectivity index (χ1) is 28.3. The highest BCUT2D eigenvalue weighted by atomic mass is 15.1. The number of anilines is 3. The first kappa shape index (κ1) is 34.0. The van der Waals surface area contributed by atoms with Crippen molar-refractivity contribution in [2.75, 3.05) is 4.90 Å². The molecule has 0 saturated heterocycles. The summed E-state index contributed by atoms with van der Waals surface area (Å²) >= 11 is 0. The minimum absolute atomic E-state index is 1.08. The third-order valence-corrected chi connectivity index (χ3v) is 11.0. The minimum atomic E-state index is 1.08. The lowest BCUT2D eigenvalue weighted by molar-refractivity contribution is 1.29. The largest absolute Gasteiger partial charge is 0.309 e. The van der Waals surface area contributed by atoms with Crippen molar-refractivity contribution < 1.29 is 0 Å². The number of fused-ring (bicyclic) bond motifs is 3. The Balaban J connectivity index is 1.34. The molecule has 0 aromatic heterocycles. The van der Waals surface area contributed by atoms with Crippen LogP contribution in [-0.2, 0) is 0 Å². The maximum Gasteiger partial charge on any atom is 0.0618 e. The number of para-hydroxylation sites is 1. The van der Waals surface area contributed by atoms with Crippen molar-refractivity contribution in [2.45, 2.75) is 0 Å². The molecule has 1 heteroatoms. The second-order valence-corrected chi connectivity index (χ2v) is 14.4. The molecule has 0 heterocycles. The van der Waals surface area contributed by atoms with E-state index >= 15 is 0 Å². The van der Waals surface area contributed by atoms with Crippen LogP contribution in [0.4, 0.5) is 17.1 Å². The van der Waals surface area contributed by atoms with E-state index in [2.05, 4.69) is 241 Å². The van der Waals surface area contributed by atoms with E-state index in [9.17, 15) is 0 Å². The van der Waals surface area contributed by atoms with Gasteiger partial charge in [0.25, 0.3) is 0 Å². The predicted octanol–water partition coefficient (Wildman–Crippen LogP) is 15.8. The number of benzene rings is 10. The Kier molecular flexibility index (Phi) is 8.95. The van der Waals surface area contributed by atoms with E-state index in [4.69, 9.17) is 0 Å². The summed E-state index contributed by atoms with van der Waals surface area (Å²) in [4.78, 5) is 2.49. The van der Waals surface area contributed by atoms with Gasteiger partial charge in [-0.1, -0.05) is 212 Å². The predicted molar refractivity (Wildman–Crippen MR) is 243 cm³/mol. The first-order valence-electron chi connectivity index (χ1n) is 19.6. The van der Waals surface area contributed by atoms with Crippen molar-refractivity contribution in [3.63, 3.8) is 0 Å². The van der Waals surface area contributed by atoms with E-state index in [1.54, 1.807) is 0 Å². The number of rotatable bonds is 8. The van der Waals surface area contributed by atoms with Crippen molar-refractivity contribution in [1.82, 2.24) is 0 Å². The Morgan fingerprint density at radius 2 is 0.632 bits per heavy atom. The second-order valence-electron chi connectivity index (χ2n) is 14.4. The van der Waals surface area contributed by atoms with Gasteiger partial charge < -0.3 is 4.90 Å². The van der Waals surface area contributed by atoms with E-state index in [-0.39, 0.29) is 0 Å². The van der Waals surface area contributed by atoms with Gasteiger partial charge in [0.05, 0.1) is 5.69 Å². The lowest BCUT2D eigenvalue weighted by atomic mass is 9.84. The van der Waals surface area contributed by atoms with Gasteiger partial charge in [-0.15, -0.1) is 0 Å². The van der Waals surface area contributed by atoms with E-state index in [1.807, 2.05) is 0 Å². The number of hydrogen-bond donors (Lipinski definition) is 0. The molecule has 0 aliphatic heterocycles. The molecule has 1 nitrogen and oxygen atoms in total. The molecule has 268 valence electrons. The topological polar surface area (TPSA) is 3.24 Å². The fourth-order valence-corrected chi connectivity index (χ4v) is 8.48. The second kappa shape index (κ2) is 15.0. The average Bonchev–Trinajstić information content (AvgIpc) is 3.30. The molecule has 0 amide bonds. The summed E-state index contributed by atoms with van der Waals surface area (Å²) in [6.07, 6.45) is 0. The summed E-state index contributed by atoms with van der Waals surface area (Å²) in [6.45, 7) is 0. The number of nitrogens with zero attached hydrogens (tertiary/aromatic N) is 1. The zero-order valence-electron chi connectivity index (χ0n) is 31.5. The highest BCUT2D eigenvalue weighted by molar-refractivity contribution is 6.22. The molecule has 0 unspecified atom stereocenters. The zero-order valence-corrected chi connectivity index (χ0v) is 31.5. The lowest BCUT2D eigenvalue weighted by Crippen LogP contribution is -2.13. The summed E-state index contributed by atoms with van der Waals surface area (Å²) in [6, 6.07) is 85.8. The fraction of sp³-hybridized carbons (Fsp3) is 0. The lowest BCUT2D eigenvalue weighted by Gasteiger charge is -2.31. The van der Waals surface area contributed by atoms with Crippen LogP contribution >= 0.6 is 0 Å². The summed E-state index contributed by atoms with van der Waals surface area (Å²) in [5, 5.41) is 4.92. The van der Waals surface area contributed by atoms with Crippen LogP contribution in [0.15, 0.2) is 237 Å². The molecule has 0 atom stereocenters. The van der Waals surface area contributed by atoms with Gasteiger partial charge in [0.2, 0.25) is 0 Å². The van der Waals surface area contributed by atoms with Gasteiger partial charge in [-0.3, -0.25) is 0 Å². The standard InChI is InChI=1S/C56H39N/c1-6-20-40(21-7-1)45-30-18-31-46(38-45)57(56-48(41-22-8-2-9-23-41)34-19-35-49(56)42-24-10-3-11-25-42)47-36-37-51-50-32-16-17-33-52(50)54(43-26-12-4-13-27-43)55(53(51)39-47)44-28-14-5-15-29-44/h1-39H. The highest BCUT2D eigenvalue weighted by Gasteiger charge is 2.24. The molecular formula is C56H39N. The molecule has 0 aliphatic rings. The molecule has 0 fully saturated rings. The summed E-state index contributed by atoms with van der Waals surface area (Å²) in [7, 11) is 0. The van der Waals surface area contributed by atoms with Crippen LogP contribution in [0.2, 0.25) is 0 Å². The van der Waals surface area contributed by atoms with Gasteiger partial charge in [0.1, 0.15) is 0 Å². The molecule has 0 spiro atoms. The Labute approximate surface area is 334 Å². The smallest absolute Gasteiger partial charge is 0.0618 e. The number of hydrogen-bond acceptors (Lipinski definition) is 1. The van der Waals surface area contributed by atoms with Crippen molar-refractivity contribution in [3.05, 3.63) is 237 Å². The molecule has 0 aliphatic carbocycles. The molecule has 10 aromatic rings. The monoisotopic (exact) mass is 725 g/mol. The summed E-state index contributed by atoms with van der Waals surface area (Å²) in [5.41, 5.74) is 15.2. The van der Waals surface area contributed by atoms with Crippen molar-refractivity contribution >= 4 is 38.6 Å². The normalized spacial score (nSPS) is 11.2. The molecule has 0 N–H and O–H groups in total. The van der Waals surface area contributed by atoms with E-state index in [1.165, 1.54) is 54.9 Å². The summed E-state index contributed by atoms with van der Waals surface area (Å²) < 4.78 is 0. The van der Waals surface area contributed by atoms with Crippen LogP contribution in [0.5, 0.6) is 0 Å². The SMILES string of the molecule is c1ccc(-c2cccc(N(c3ccc4c(c3)c(-c3ccccc3)c(-c3ccccc3)c3ccccc34)c3c(-c4ccccc4)cccc3-c3ccccc3)c2)cc1. The maximum absolute atomic E-state index is 2.49. The Hall–Kier alpha value is -7.48. The molecular weight excluding hydrogens is 687 g/mol. The van der Waals surface area contributed by atoms with Gasteiger partial charge in [-0.2, -0.15) is 0 Å². The van der Waals surface area contributed by atoms with Crippen LogP contribution in [0.3, 0.4) is 0 Å². The van der Waals surface area contributed by atoms with Crippen molar-refractivity contribution in [3.8, 4) is 55.6 Å². The van der Waals surface area contributed by atoms with Crippen LogP contribution in [0.25, 0.3) is 77.2 Å². The van der Waals surface area contributed by atoms with Crippen molar-refractivity contribution in [2.24, 2.45) is 0 Å². The van der Waals surface area contributed by atoms with Gasteiger partial charge in [-0.05, 0) is 90.3 Å². The quantitative estimate of drug-likeness (QED) is 0.141. The van der Waals surface area contributed by atoms with Gasteiger partial charge in [0.15, 0.2) is 0 Å².